The van der Waals surface area contributed by atoms with E-state index in [9.17, 15) is 9.59 Å². The molecule has 4 rings (SSSR count). The van der Waals surface area contributed by atoms with E-state index in [-0.39, 0.29) is 17.2 Å². The molecule has 0 fully saturated rings. The van der Waals surface area contributed by atoms with Gasteiger partial charge in [0, 0.05) is 10.7 Å². The minimum absolute atomic E-state index is 0.0675. The van der Waals surface area contributed by atoms with Crippen molar-refractivity contribution in [2.24, 2.45) is 0 Å². The molecule has 30 heavy (non-hydrogen) atoms. The number of hydrogen-bond donors (Lipinski definition) is 1. The summed E-state index contributed by atoms with van der Waals surface area (Å²) >= 11 is 15.0. The third kappa shape index (κ3) is 4.25. The van der Waals surface area contributed by atoms with Crippen LogP contribution < -0.4 is 10.9 Å². The molecule has 0 spiro atoms. The van der Waals surface area contributed by atoms with Crippen LogP contribution in [0.25, 0.3) is 15.9 Å². The summed E-state index contributed by atoms with van der Waals surface area (Å²) in [6.45, 7) is 1.89. The maximum absolute atomic E-state index is 13.1. The number of aryl methyl sites for hydroxylation is 1. The first-order valence-electron chi connectivity index (χ1n) is 8.88. The van der Waals surface area contributed by atoms with Gasteiger partial charge in [0.15, 0.2) is 5.16 Å². The third-order valence-corrected chi connectivity index (χ3v) is 6.89. The number of benzene rings is 2. The number of halogens is 2. The normalized spacial score (nSPS) is 11.0. The van der Waals surface area contributed by atoms with E-state index in [2.05, 4.69) is 10.3 Å². The Bertz CT molecular complexity index is 1320. The first-order chi connectivity index (χ1) is 14.4. The van der Waals surface area contributed by atoms with Gasteiger partial charge in [0.25, 0.3) is 5.56 Å². The summed E-state index contributed by atoms with van der Waals surface area (Å²) < 4.78 is 2.00. The van der Waals surface area contributed by atoms with Gasteiger partial charge in [-0.15, -0.1) is 11.3 Å². The molecule has 0 aliphatic carbocycles. The molecular weight excluding hydrogens is 461 g/mol. The maximum atomic E-state index is 13.1. The molecule has 5 nitrogen and oxygen atoms in total. The van der Waals surface area contributed by atoms with Crippen molar-refractivity contribution in [3.05, 3.63) is 79.9 Å². The SMILES string of the molecule is Cc1ccc(NC(=O)CSc2nc3ccsc3c(=O)n2-c2ccccc2Cl)cc1Cl. The zero-order valence-corrected chi connectivity index (χ0v) is 18.8. The number of nitrogens with one attached hydrogen (secondary N) is 1. The van der Waals surface area contributed by atoms with Gasteiger partial charge in [0.05, 0.1) is 22.0 Å². The number of para-hydroxylation sites is 1. The van der Waals surface area contributed by atoms with E-state index >= 15 is 0 Å². The molecule has 0 atom stereocenters. The van der Waals surface area contributed by atoms with E-state index in [1.54, 1.807) is 42.5 Å². The summed E-state index contributed by atoms with van der Waals surface area (Å²) in [4.78, 5) is 30.2. The van der Waals surface area contributed by atoms with Crippen LogP contribution in [0.1, 0.15) is 5.56 Å². The number of fused-ring (bicyclic) bond motifs is 1. The van der Waals surface area contributed by atoms with Gasteiger partial charge in [-0.3, -0.25) is 14.2 Å². The number of amides is 1. The molecule has 9 heteroatoms. The lowest BCUT2D eigenvalue weighted by atomic mass is 10.2. The average Bonchev–Trinajstić information content (AvgIpc) is 3.19. The van der Waals surface area contributed by atoms with Crippen molar-refractivity contribution in [3.8, 4) is 5.69 Å². The Morgan fingerprint density at radius 2 is 1.97 bits per heavy atom. The quantitative estimate of drug-likeness (QED) is 0.292. The molecule has 0 aliphatic heterocycles. The molecule has 1 N–H and O–H groups in total. The van der Waals surface area contributed by atoms with Gasteiger partial charge in [0.1, 0.15) is 4.70 Å². The van der Waals surface area contributed by atoms with Crippen LogP contribution in [0.15, 0.2) is 63.9 Å². The van der Waals surface area contributed by atoms with E-state index < -0.39 is 0 Å². The molecule has 0 bridgehead atoms. The minimum Gasteiger partial charge on any atom is -0.325 e. The minimum atomic E-state index is -0.231. The maximum Gasteiger partial charge on any atom is 0.276 e. The summed E-state index contributed by atoms with van der Waals surface area (Å²) in [6.07, 6.45) is 0. The fourth-order valence-corrected chi connectivity index (χ4v) is 4.80. The van der Waals surface area contributed by atoms with Crippen molar-refractivity contribution in [1.29, 1.82) is 0 Å². The number of nitrogens with zero attached hydrogens (tertiary/aromatic N) is 2. The van der Waals surface area contributed by atoms with Crippen LogP contribution in [0.2, 0.25) is 10.0 Å². The van der Waals surface area contributed by atoms with Gasteiger partial charge >= 0.3 is 0 Å². The van der Waals surface area contributed by atoms with Crippen LogP contribution >= 0.6 is 46.3 Å². The van der Waals surface area contributed by atoms with Crippen LogP contribution in [0.3, 0.4) is 0 Å². The molecule has 0 unspecified atom stereocenters. The number of carbonyl (C=O) groups excluding carboxylic acids is 1. The number of thioether (sulfide) groups is 1. The highest BCUT2D eigenvalue weighted by atomic mass is 35.5. The smallest absolute Gasteiger partial charge is 0.276 e. The Hall–Kier alpha value is -2.32. The molecule has 152 valence electrons. The number of aromatic nitrogens is 2. The molecule has 0 saturated heterocycles. The van der Waals surface area contributed by atoms with Crippen LogP contribution in [0.5, 0.6) is 0 Å². The highest BCUT2D eigenvalue weighted by molar-refractivity contribution is 7.99. The lowest BCUT2D eigenvalue weighted by molar-refractivity contribution is -0.113. The van der Waals surface area contributed by atoms with Crippen LogP contribution in [0.4, 0.5) is 5.69 Å². The van der Waals surface area contributed by atoms with E-state index in [1.165, 1.54) is 27.7 Å². The molecule has 2 aromatic carbocycles. The number of rotatable bonds is 5. The summed E-state index contributed by atoms with van der Waals surface area (Å²) in [6, 6.07) is 14.2. The lowest BCUT2D eigenvalue weighted by Gasteiger charge is -2.13. The van der Waals surface area contributed by atoms with E-state index in [0.717, 1.165) is 5.56 Å². The highest BCUT2D eigenvalue weighted by Gasteiger charge is 2.17. The zero-order valence-electron chi connectivity index (χ0n) is 15.7. The summed E-state index contributed by atoms with van der Waals surface area (Å²) in [5, 5.41) is 6.04. The molecule has 4 aromatic rings. The molecule has 2 aromatic heterocycles. The Morgan fingerprint density at radius 1 is 1.17 bits per heavy atom. The van der Waals surface area contributed by atoms with Gasteiger partial charge in [-0.1, -0.05) is 53.2 Å². The van der Waals surface area contributed by atoms with Crippen LogP contribution in [-0.4, -0.2) is 21.2 Å². The van der Waals surface area contributed by atoms with E-state index in [4.69, 9.17) is 23.2 Å². The number of thiophene rings is 1. The summed E-state index contributed by atoms with van der Waals surface area (Å²) in [7, 11) is 0. The molecule has 0 aliphatic rings. The summed E-state index contributed by atoms with van der Waals surface area (Å²) in [5.41, 5.74) is 2.46. The second-order valence-electron chi connectivity index (χ2n) is 6.42. The Balaban J connectivity index is 1.64. The first kappa shape index (κ1) is 20.9. The number of carbonyl (C=O) groups is 1. The topological polar surface area (TPSA) is 64.0 Å². The molecule has 2 heterocycles. The van der Waals surface area contributed by atoms with Crippen molar-refractivity contribution < 1.29 is 4.79 Å². The third-order valence-electron chi connectivity index (χ3n) is 4.33. The Morgan fingerprint density at radius 3 is 2.73 bits per heavy atom. The van der Waals surface area contributed by atoms with Crippen LogP contribution in [-0.2, 0) is 4.79 Å². The van der Waals surface area contributed by atoms with Gasteiger partial charge in [-0.25, -0.2) is 4.98 Å². The number of anilines is 1. The standard InChI is InChI=1S/C21H15Cl2N3O2S2/c1-12-6-7-13(10-15(12)23)24-18(27)11-30-21-25-16-8-9-29-19(16)20(28)26(21)17-5-3-2-4-14(17)22/h2-10H,11H2,1H3,(H,24,27). The van der Waals surface area contributed by atoms with E-state index in [1.807, 2.05) is 18.4 Å². The summed E-state index contributed by atoms with van der Waals surface area (Å²) in [5.74, 6) is -0.164. The second-order valence-corrected chi connectivity index (χ2v) is 9.10. The zero-order chi connectivity index (χ0) is 21.3. The van der Waals surface area contributed by atoms with Crippen molar-refractivity contribution in [1.82, 2.24) is 9.55 Å². The van der Waals surface area contributed by atoms with Gasteiger partial charge in [-0.2, -0.15) is 0 Å². The monoisotopic (exact) mass is 475 g/mol. The Kier molecular flexibility index (Phi) is 6.15. The molecule has 1 amide bonds. The molecule has 0 saturated carbocycles. The van der Waals surface area contributed by atoms with Gasteiger partial charge < -0.3 is 5.32 Å². The van der Waals surface area contributed by atoms with Gasteiger partial charge in [0.2, 0.25) is 5.91 Å². The van der Waals surface area contributed by atoms with Crippen molar-refractivity contribution >= 4 is 68.1 Å². The van der Waals surface area contributed by atoms with Crippen LogP contribution in [0, 0.1) is 6.92 Å². The fraction of sp³-hybridized carbons (Fsp3) is 0.0952. The van der Waals surface area contributed by atoms with Crippen molar-refractivity contribution in [3.63, 3.8) is 0 Å². The Labute approximate surface area is 190 Å². The second kappa shape index (κ2) is 8.81. The average molecular weight is 476 g/mol. The number of hydrogen-bond acceptors (Lipinski definition) is 5. The predicted molar refractivity (Wildman–Crippen MR) is 126 cm³/mol. The largest absolute Gasteiger partial charge is 0.325 e. The predicted octanol–water partition coefficient (Wildman–Crippen LogP) is 5.79. The highest BCUT2D eigenvalue weighted by Crippen LogP contribution is 2.27. The lowest BCUT2D eigenvalue weighted by Crippen LogP contribution is -2.22. The van der Waals surface area contributed by atoms with E-state index in [0.29, 0.717) is 36.8 Å². The first-order valence-corrected chi connectivity index (χ1v) is 11.5. The molecular formula is C21H15Cl2N3O2S2. The van der Waals surface area contributed by atoms with Crippen molar-refractivity contribution in [2.45, 2.75) is 12.1 Å². The fourth-order valence-electron chi connectivity index (χ4n) is 2.83. The van der Waals surface area contributed by atoms with Crippen molar-refractivity contribution in [2.75, 3.05) is 11.1 Å². The molecule has 0 radical (unpaired) electrons. The van der Waals surface area contributed by atoms with Gasteiger partial charge in [-0.05, 0) is 48.2 Å².